The first-order valence-corrected chi connectivity index (χ1v) is 10.6. The minimum absolute atomic E-state index is 0.238. The smallest absolute Gasteiger partial charge is 0.319 e. The molecule has 0 bridgehead atoms. The summed E-state index contributed by atoms with van der Waals surface area (Å²) in [7, 11) is 0. The highest BCUT2D eigenvalue weighted by Crippen LogP contribution is 2.41. The highest BCUT2D eigenvalue weighted by molar-refractivity contribution is 9.10. The molecule has 2 N–H and O–H groups in total. The zero-order chi connectivity index (χ0) is 19.4. The summed E-state index contributed by atoms with van der Waals surface area (Å²) in [5.41, 5.74) is 1.78. The Hall–Kier alpha value is -1.89. The molecule has 28 heavy (non-hydrogen) atoms. The number of carbonyl (C=O) groups is 1. The quantitative estimate of drug-likeness (QED) is 0.666. The number of urea groups is 1. The van der Waals surface area contributed by atoms with Crippen molar-refractivity contribution in [3.05, 3.63) is 64.6 Å². The Labute approximate surface area is 173 Å². The summed E-state index contributed by atoms with van der Waals surface area (Å²) in [5, 5.41) is 5.94. The van der Waals surface area contributed by atoms with E-state index in [1.165, 1.54) is 6.42 Å². The van der Waals surface area contributed by atoms with Gasteiger partial charge in [-0.15, -0.1) is 0 Å². The molecule has 5 nitrogen and oxygen atoms in total. The van der Waals surface area contributed by atoms with Crippen LogP contribution in [0.25, 0.3) is 0 Å². The van der Waals surface area contributed by atoms with Crippen molar-refractivity contribution < 1.29 is 14.3 Å². The van der Waals surface area contributed by atoms with Gasteiger partial charge < -0.3 is 20.1 Å². The first-order valence-electron chi connectivity index (χ1n) is 9.84. The Kier molecular flexibility index (Phi) is 5.99. The van der Waals surface area contributed by atoms with E-state index in [0.29, 0.717) is 6.61 Å². The van der Waals surface area contributed by atoms with E-state index in [4.69, 9.17) is 9.47 Å². The van der Waals surface area contributed by atoms with Gasteiger partial charge in [0.05, 0.1) is 18.3 Å². The standard InChI is InChI=1S/C22H25BrN2O3/c23-17-11-5-6-12-18(17)24-21(26)25-19-15-27-22(13-7-2-8-14-22)28-20(19)16-9-3-1-4-10-16/h1,3-6,9-12,19-20H,2,7-8,13-15H2,(H2,24,25,26)/t19-,20-/m0/s1. The Balaban J connectivity index is 1.50. The van der Waals surface area contributed by atoms with Crippen molar-refractivity contribution in [3.8, 4) is 0 Å². The van der Waals surface area contributed by atoms with Crippen molar-refractivity contribution in [2.45, 2.75) is 50.0 Å². The third kappa shape index (κ3) is 4.40. The minimum Gasteiger partial charge on any atom is -0.348 e. The Morgan fingerprint density at radius 3 is 2.46 bits per heavy atom. The van der Waals surface area contributed by atoms with Crippen molar-refractivity contribution in [2.24, 2.45) is 0 Å². The van der Waals surface area contributed by atoms with Crippen LogP contribution in [0.3, 0.4) is 0 Å². The van der Waals surface area contributed by atoms with Crippen molar-refractivity contribution in [2.75, 3.05) is 11.9 Å². The van der Waals surface area contributed by atoms with Crippen LogP contribution >= 0.6 is 15.9 Å². The van der Waals surface area contributed by atoms with E-state index in [9.17, 15) is 4.79 Å². The molecule has 2 fully saturated rings. The molecule has 1 spiro atoms. The number of hydrogen-bond donors (Lipinski definition) is 2. The summed E-state index contributed by atoms with van der Waals surface area (Å²) in [5.74, 6) is -0.518. The third-order valence-corrected chi connectivity index (χ3v) is 6.11. The number of hydrogen-bond acceptors (Lipinski definition) is 3. The zero-order valence-electron chi connectivity index (χ0n) is 15.7. The molecular weight excluding hydrogens is 420 g/mol. The third-order valence-electron chi connectivity index (χ3n) is 5.42. The normalized spacial score (nSPS) is 23.9. The predicted octanol–water partition coefficient (Wildman–Crippen LogP) is 5.39. The average molecular weight is 445 g/mol. The fraction of sp³-hybridized carbons (Fsp3) is 0.409. The first kappa shape index (κ1) is 19.4. The summed E-state index contributed by atoms with van der Waals surface area (Å²) in [6.45, 7) is 0.433. The molecule has 148 valence electrons. The van der Waals surface area contributed by atoms with Gasteiger partial charge in [0.2, 0.25) is 0 Å². The van der Waals surface area contributed by atoms with Crippen molar-refractivity contribution in [1.29, 1.82) is 0 Å². The molecule has 0 radical (unpaired) electrons. The second-order valence-electron chi connectivity index (χ2n) is 7.42. The first-order chi connectivity index (χ1) is 13.7. The lowest BCUT2D eigenvalue weighted by Crippen LogP contribution is -2.55. The van der Waals surface area contributed by atoms with Gasteiger partial charge in [0.15, 0.2) is 5.79 Å². The van der Waals surface area contributed by atoms with Gasteiger partial charge in [-0.2, -0.15) is 0 Å². The SMILES string of the molecule is O=C(Nc1ccccc1Br)N[C@H]1COC2(CCCCC2)O[C@H]1c1ccccc1. The van der Waals surface area contributed by atoms with Crippen molar-refractivity contribution >= 4 is 27.6 Å². The molecule has 4 rings (SSSR count). The molecule has 1 saturated carbocycles. The second kappa shape index (κ2) is 8.64. The molecule has 2 aliphatic rings. The van der Waals surface area contributed by atoms with Crippen LogP contribution in [-0.4, -0.2) is 24.5 Å². The summed E-state index contributed by atoms with van der Waals surface area (Å²) >= 11 is 3.45. The molecule has 2 atom stereocenters. The van der Waals surface area contributed by atoms with Gasteiger partial charge in [-0.05, 0) is 46.5 Å². The van der Waals surface area contributed by atoms with Crippen LogP contribution in [0.1, 0.15) is 43.8 Å². The van der Waals surface area contributed by atoms with Gasteiger partial charge in [-0.3, -0.25) is 0 Å². The van der Waals surface area contributed by atoms with Gasteiger partial charge in [-0.1, -0.05) is 48.9 Å². The monoisotopic (exact) mass is 444 g/mol. The van der Waals surface area contributed by atoms with Gasteiger partial charge >= 0.3 is 6.03 Å². The molecular formula is C22H25BrN2O3. The number of anilines is 1. The largest absolute Gasteiger partial charge is 0.348 e. The van der Waals surface area contributed by atoms with E-state index in [1.807, 2.05) is 54.6 Å². The average Bonchev–Trinajstić information content (AvgIpc) is 2.72. The number of carbonyl (C=O) groups excluding carboxylic acids is 1. The number of benzene rings is 2. The van der Waals surface area contributed by atoms with E-state index in [2.05, 4.69) is 26.6 Å². The molecule has 2 aromatic carbocycles. The molecule has 1 aliphatic carbocycles. The molecule has 6 heteroatoms. The van der Waals surface area contributed by atoms with Crippen LogP contribution in [0.2, 0.25) is 0 Å². The maximum atomic E-state index is 12.6. The second-order valence-corrected chi connectivity index (χ2v) is 8.27. The fourth-order valence-corrected chi connectivity index (χ4v) is 4.36. The topological polar surface area (TPSA) is 59.6 Å². The summed E-state index contributed by atoms with van der Waals surface area (Å²) in [6, 6.07) is 17.1. The number of ether oxygens (including phenoxy) is 2. The highest BCUT2D eigenvalue weighted by Gasteiger charge is 2.44. The van der Waals surface area contributed by atoms with Gasteiger partial charge in [0, 0.05) is 17.3 Å². The van der Waals surface area contributed by atoms with Crippen LogP contribution in [-0.2, 0) is 9.47 Å². The van der Waals surface area contributed by atoms with E-state index in [0.717, 1.165) is 41.4 Å². The van der Waals surface area contributed by atoms with Gasteiger partial charge in [0.1, 0.15) is 6.10 Å². The molecule has 1 heterocycles. The highest BCUT2D eigenvalue weighted by atomic mass is 79.9. The maximum Gasteiger partial charge on any atom is 0.319 e. The Morgan fingerprint density at radius 2 is 1.71 bits per heavy atom. The number of amides is 2. The van der Waals surface area contributed by atoms with Crippen LogP contribution in [0.5, 0.6) is 0 Å². The lowest BCUT2D eigenvalue weighted by Gasteiger charge is -2.46. The molecule has 0 unspecified atom stereocenters. The van der Waals surface area contributed by atoms with E-state index in [1.54, 1.807) is 0 Å². The van der Waals surface area contributed by atoms with Gasteiger partial charge in [-0.25, -0.2) is 4.79 Å². The summed E-state index contributed by atoms with van der Waals surface area (Å²) in [4.78, 5) is 12.6. The zero-order valence-corrected chi connectivity index (χ0v) is 17.3. The van der Waals surface area contributed by atoms with Gasteiger partial charge in [0.25, 0.3) is 0 Å². The number of rotatable bonds is 3. The van der Waals surface area contributed by atoms with Crippen LogP contribution < -0.4 is 10.6 Å². The number of nitrogens with one attached hydrogen (secondary N) is 2. The maximum absolute atomic E-state index is 12.6. The van der Waals surface area contributed by atoms with Crippen LogP contribution in [0.4, 0.5) is 10.5 Å². The van der Waals surface area contributed by atoms with Crippen molar-refractivity contribution in [3.63, 3.8) is 0 Å². The lowest BCUT2D eigenvalue weighted by molar-refractivity contribution is -0.314. The Morgan fingerprint density at radius 1 is 1.00 bits per heavy atom. The molecule has 2 amide bonds. The predicted molar refractivity (Wildman–Crippen MR) is 112 cm³/mol. The van der Waals surface area contributed by atoms with Crippen LogP contribution in [0, 0.1) is 0 Å². The minimum atomic E-state index is -0.518. The lowest BCUT2D eigenvalue weighted by atomic mass is 9.91. The molecule has 1 aliphatic heterocycles. The van der Waals surface area contributed by atoms with Crippen molar-refractivity contribution in [1.82, 2.24) is 5.32 Å². The van der Waals surface area contributed by atoms with E-state index >= 15 is 0 Å². The summed E-state index contributed by atoms with van der Waals surface area (Å²) in [6.07, 6.45) is 5.03. The number of halogens is 1. The van der Waals surface area contributed by atoms with E-state index < -0.39 is 5.79 Å². The van der Waals surface area contributed by atoms with E-state index in [-0.39, 0.29) is 18.2 Å². The fourth-order valence-electron chi connectivity index (χ4n) is 3.98. The Bertz CT molecular complexity index is 808. The summed E-state index contributed by atoms with van der Waals surface area (Å²) < 4.78 is 13.5. The molecule has 0 aromatic heterocycles. The molecule has 2 aromatic rings. The molecule has 1 saturated heterocycles. The van der Waals surface area contributed by atoms with Crippen LogP contribution in [0.15, 0.2) is 59.1 Å². The number of para-hydroxylation sites is 1.